The van der Waals surface area contributed by atoms with Crippen LogP contribution >= 0.6 is 0 Å². The smallest absolute Gasteiger partial charge is 0.225 e. The molecule has 0 spiro atoms. The molecule has 1 rings (SSSR count). The lowest BCUT2D eigenvalue weighted by atomic mass is 9.89. The van der Waals surface area contributed by atoms with Crippen LogP contribution in [0.2, 0.25) is 0 Å². The van der Waals surface area contributed by atoms with E-state index in [0.717, 1.165) is 12.8 Å². The van der Waals surface area contributed by atoms with Gasteiger partial charge in [0.2, 0.25) is 5.91 Å². The Morgan fingerprint density at radius 2 is 1.86 bits per heavy atom. The van der Waals surface area contributed by atoms with Gasteiger partial charge < -0.3 is 11.1 Å². The van der Waals surface area contributed by atoms with E-state index in [1.165, 1.54) is 12.8 Å². The fraction of sp³-hybridized carbons (Fsp3) is 0.909. The van der Waals surface area contributed by atoms with Gasteiger partial charge in [-0.1, -0.05) is 33.6 Å². The number of nitrogens with one attached hydrogen (secondary N) is 1. The largest absolute Gasteiger partial charge is 0.351 e. The van der Waals surface area contributed by atoms with Crippen LogP contribution in [0.4, 0.5) is 0 Å². The van der Waals surface area contributed by atoms with E-state index in [9.17, 15) is 4.79 Å². The van der Waals surface area contributed by atoms with Gasteiger partial charge in [0, 0.05) is 17.5 Å². The quantitative estimate of drug-likeness (QED) is 0.669. The van der Waals surface area contributed by atoms with Crippen LogP contribution in [0, 0.1) is 5.41 Å². The van der Waals surface area contributed by atoms with Crippen molar-refractivity contribution in [2.45, 2.75) is 58.5 Å². The number of hydrogen-bond acceptors (Lipinski definition) is 2. The van der Waals surface area contributed by atoms with Crippen molar-refractivity contribution in [3.8, 4) is 0 Å². The number of hydrogen-bond donors (Lipinski definition) is 2. The van der Waals surface area contributed by atoms with Gasteiger partial charge in [-0.3, -0.25) is 4.79 Å². The topological polar surface area (TPSA) is 55.1 Å². The normalized spacial score (nSPS) is 28.6. The molecule has 3 N–H and O–H groups in total. The van der Waals surface area contributed by atoms with Crippen molar-refractivity contribution in [1.29, 1.82) is 0 Å². The van der Waals surface area contributed by atoms with Crippen molar-refractivity contribution in [2.75, 3.05) is 0 Å². The third-order valence-electron chi connectivity index (χ3n) is 2.82. The van der Waals surface area contributed by atoms with E-state index in [1.807, 2.05) is 20.8 Å². The van der Waals surface area contributed by atoms with Crippen LogP contribution in [-0.2, 0) is 4.79 Å². The molecule has 0 aromatic carbocycles. The molecule has 0 bridgehead atoms. The number of nitrogens with two attached hydrogens (primary N) is 1. The zero-order valence-corrected chi connectivity index (χ0v) is 9.47. The SMILES string of the molecule is CC(C)(C)C(=O)N[C@H]1CCCC[C@@H]1N. The van der Waals surface area contributed by atoms with Crippen LogP contribution in [0.25, 0.3) is 0 Å². The van der Waals surface area contributed by atoms with Crippen molar-refractivity contribution >= 4 is 5.91 Å². The molecule has 1 aliphatic carbocycles. The van der Waals surface area contributed by atoms with Crippen molar-refractivity contribution < 1.29 is 4.79 Å². The maximum absolute atomic E-state index is 11.7. The Labute approximate surface area is 86.4 Å². The fourth-order valence-electron chi connectivity index (χ4n) is 1.72. The Morgan fingerprint density at radius 3 is 2.36 bits per heavy atom. The molecule has 2 atom stereocenters. The molecule has 0 aromatic rings. The molecule has 0 unspecified atom stereocenters. The lowest BCUT2D eigenvalue weighted by Crippen LogP contribution is -2.51. The van der Waals surface area contributed by atoms with Gasteiger partial charge in [0.05, 0.1) is 0 Å². The van der Waals surface area contributed by atoms with E-state index in [-0.39, 0.29) is 23.4 Å². The van der Waals surface area contributed by atoms with Gasteiger partial charge in [0.25, 0.3) is 0 Å². The molecule has 14 heavy (non-hydrogen) atoms. The summed E-state index contributed by atoms with van der Waals surface area (Å²) >= 11 is 0. The average Bonchev–Trinajstić information content (AvgIpc) is 2.07. The summed E-state index contributed by atoms with van der Waals surface area (Å²) in [7, 11) is 0. The van der Waals surface area contributed by atoms with Crippen LogP contribution in [0.15, 0.2) is 0 Å². The predicted octanol–water partition coefficient (Wildman–Crippen LogP) is 1.42. The first-order valence-corrected chi connectivity index (χ1v) is 5.48. The lowest BCUT2D eigenvalue weighted by Gasteiger charge is -2.31. The maximum Gasteiger partial charge on any atom is 0.225 e. The summed E-state index contributed by atoms with van der Waals surface area (Å²) in [6.45, 7) is 5.78. The highest BCUT2D eigenvalue weighted by Gasteiger charge is 2.28. The first kappa shape index (κ1) is 11.5. The Morgan fingerprint density at radius 1 is 1.29 bits per heavy atom. The highest BCUT2D eigenvalue weighted by atomic mass is 16.2. The van der Waals surface area contributed by atoms with Crippen LogP contribution in [0.3, 0.4) is 0 Å². The summed E-state index contributed by atoms with van der Waals surface area (Å²) in [5.74, 6) is 0.111. The Kier molecular flexibility index (Phi) is 3.53. The molecule has 1 amide bonds. The van der Waals surface area contributed by atoms with Gasteiger partial charge in [-0.25, -0.2) is 0 Å². The summed E-state index contributed by atoms with van der Waals surface area (Å²) < 4.78 is 0. The van der Waals surface area contributed by atoms with Crippen LogP contribution in [0.5, 0.6) is 0 Å². The summed E-state index contributed by atoms with van der Waals surface area (Å²) in [5.41, 5.74) is 5.65. The molecule has 0 saturated heterocycles. The third kappa shape index (κ3) is 2.98. The van der Waals surface area contributed by atoms with Gasteiger partial charge in [-0.05, 0) is 12.8 Å². The zero-order chi connectivity index (χ0) is 10.8. The van der Waals surface area contributed by atoms with Gasteiger partial charge in [-0.15, -0.1) is 0 Å². The van der Waals surface area contributed by atoms with Gasteiger partial charge in [-0.2, -0.15) is 0 Å². The van der Waals surface area contributed by atoms with E-state index in [2.05, 4.69) is 5.32 Å². The molecular weight excluding hydrogens is 176 g/mol. The van der Waals surface area contributed by atoms with Crippen molar-refractivity contribution in [3.05, 3.63) is 0 Å². The molecule has 1 saturated carbocycles. The summed E-state index contributed by atoms with van der Waals surface area (Å²) in [6.07, 6.45) is 4.45. The van der Waals surface area contributed by atoms with Crippen molar-refractivity contribution in [2.24, 2.45) is 11.1 Å². The van der Waals surface area contributed by atoms with E-state index in [1.54, 1.807) is 0 Å². The maximum atomic E-state index is 11.7. The predicted molar refractivity (Wildman–Crippen MR) is 57.8 cm³/mol. The lowest BCUT2D eigenvalue weighted by molar-refractivity contribution is -0.129. The Hall–Kier alpha value is -0.570. The molecule has 1 aliphatic rings. The van der Waals surface area contributed by atoms with Crippen LogP contribution in [-0.4, -0.2) is 18.0 Å². The van der Waals surface area contributed by atoms with Gasteiger partial charge >= 0.3 is 0 Å². The molecule has 0 aromatic heterocycles. The monoisotopic (exact) mass is 198 g/mol. The molecular formula is C11H22N2O. The van der Waals surface area contributed by atoms with Crippen molar-refractivity contribution in [3.63, 3.8) is 0 Å². The summed E-state index contributed by atoms with van der Waals surface area (Å²) in [4.78, 5) is 11.7. The third-order valence-corrected chi connectivity index (χ3v) is 2.82. The zero-order valence-electron chi connectivity index (χ0n) is 9.47. The second-order valence-electron chi connectivity index (χ2n) is 5.28. The highest BCUT2D eigenvalue weighted by molar-refractivity contribution is 5.81. The molecule has 1 fully saturated rings. The molecule has 0 aliphatic heterocycles. The van der Waals surface area contributed by atoms with E-state index < -0.39 is 0 Å². The summed E-state index contributed by atoms with van der Waals surface area (Å²) in [5, 5.41) is 3.04. The second-order valence-corrected chi connectivity index (χ2v) is 5.28. The van der Waals surface area contributed by atoms with Gasteiger partial charge in [0.15, 0.2) is 0 Å². The standard InChI is InChI=1S/C11H22N2O/c1-11(2,3)10(14)13-9-7-5-4-6-8(9)12/h8-9H,4-7,12H2,1-3H3,(H,13,14)/t8-,9-/m0/s1. The van der Waals surface area contributed by atoms with E-state index in [0.29, 0.717) is 0 Å². The average molecular weight is 198 g/mol. The minimum atomic E-state index is -0.308. The van der Waals surface area contributed by atoms with E-state index in [4.69, 9.17) is 5.73 Å². The molecule has 0 heterocycles. The molecule has 3 nitrogen and oxygen atoms in total. The minimum absolute atomic E-state index is 0.111. The number of carbonyl (C=O) groups excluding carboxylic acids is 1. The first-order chi connectivity index (χ1) is 6.41. The van der Waals surface area contributed by atoms with Crippen molar-refractivity contribution in [1.82, 2.24) is 5.32 Å². The molecule has 82 valence electrons. The second kappa shape index (κ2) is 4.30. The highest BCUT2D eigenvalue weighted by Crippen LogP contribution is 2.19. The number of rotatable bonds is 1. The molecule has 0 radical (unpaired) electrons. The number of amides is 1. The summed E-state index contributed by atoms with van der Waals surface area (Å²) in [6, 6.07) is 0.338. The van der Waals surface area contributed by atoms with Crippen LogP contribution < -0.4 is 11.1 Å². The van der Waals surface area contributed by atoms with Gasteiger partial charge in [0.1, 0.15) is 0 Å². The molecule has 3 heteroatoms. The van der Waals surface area contributed by atoms with Crippen LogP contribution in [0.1, 0.15) is 46.5 Å². The minimum Gasteiger partial charge on any atom is -0.351 e. The van der Waals surface area contributed by atoms with E-state index >= 15 is 0 Å². The number of carbonyl (C=O) groups is 1. The Balaban J connectivity index is 2.46. The fourth-order valence-corrected chi connectivity index (χ4v) is 1.72. The Bertz CT molecular complexity index is 208. The first-order valence-electron chi connectivity index (χ1n) is 5.48.